The highest BCUT2D eigenvalue weighted by atomic mass is 32.1. The molecule has 2 aliphatic heterocycles. The Kier molecular flexibility index (Phi) is 4.75. The van der Waals surface area contributed by atoms with Crippen molar-refractivity contribution < 1.29 is 18.0 Å². The van der Waals surface area contributed by atoms with E-state index in [4.69, 9.17) is 4.98 Å². The van der Waals surface area contributed by atoms with Crippen LogP contribution in [0.5, 0.6) is 0 Å². The highest BCUT2D eigenvalue weighted by Crippen LogP contribution is 2.31. The molecule has 5 nitrogen and oxygen atoms in total. The average Bonchev–Trinajstić information content (AvgIpc) is 3.19. The fraction of sp³-hybridized carbons (Fsp3) is 0.556. The van der Waals surface area contributed by atoms with Crippen LogP contribution >= 0.6 is 11.3 Å². The lowest BCUT2D eigenvalue weighted by molar-refractivity contribution is -0.159. The molecule has 0 bridgehead atoms. The van der Waals surface area contributed by atoms with Gasteiger partial charge in [0.1, 0.15) is 6.54 Å². The number of rotatable bonds is 3. The molecule has 1 aromatic heterocycles. The Morgan fingerprint density at radius 1 is 1.19 bits per heavy atom. The van der Waals surface area contributed by atoms with Crippen molar-refractivity contribution in [2.75, 3.05) is 44.2 Å². The Balaban J connectivity index is 1.39. The lowest BCUT2D eigenvalue weighted by Crippen LogP contribution is -2.53. The highest BCUT2D eigenvalue weighted by Gasteiger charge is 2.42. The van der Waals surface area contributed by atoms with Crippen molar-refractivity contribution in [3.8, 4) is 0 Å². The normalized spacial score (nSPS) is 22.2. The number of anilines is 1. The quantitative estimate of drug-likeness (QED) is 0.797. The molecule has 2 fully saturated rings. The molecule has 9 heteroatoms. The van der Waals surface area contributed by atoms with Crippen molar-refractivity contribution in [3.63, 3.8) is 0 Å². The molecule has 0 N–H and O–H groups in total. The van der Waals surface area contributed by atoms with Crippen molar-refractivity contribution in [3.05, 3.63) is 23.8 Å². The van der Waals surface area contributed by atoms with Gasteiger partial charge in [-0.1, -0.05) is 23.5 Å². The van der Waals surface area contributed by atoms with Crippen molar-refractivity contribution in [1.29, 1.82) is 0 Å². The first-order valence-corrected chi connectivity index (χ1v) is 9.84. The van der Waals surface area contributed by atoms with Crippen molar-refractivity contribution in [2.45, 2.75) is 25.6 Å². The summed E-state index contributed by atoms with van der Waals surface area (Å²) in [5.41, 5.74) is 2.17. The number of aromatic nitrogens is 1. The minimum atomic E-state index is -4.34. The fourth-order valence-electron chi connectivity index (χ4n) is 3.87. The summed E-state index contributed by atoms with van der Waals surface area (Å²) in [5, 5.41) is 0.968. The maximum Gasteiger partial charge on any atom is 0.406 e. The van der Waals surface area contributed by atoms with Gasteiger partial charge in [0.2, 0.25) is 5.91 Å². The van der Waals surface area contributed by atoms with Gasteiger partial charge in [-0.05, 0) is 25.0 Å². The van der Waals surface area contributed by atoms with Crippen LogP contribution in [-0.4, -0.2) is 72.2 Å². The SMILES string of the molecule is Cc1cccc2sc(N3CCN(C4CCN(CC(F)(F)F)C4=O)CC3)nc12. The summed E-state index contributed by atoms with van der Waals surface area (Å²) in [6.07, 6.45) is -3.87. The zero-order valence-corrected chi connectivity index (χ0v) is 15.8. The van der Waals surface area contributed by atoms with Gasteiger partial charge in [0.15, 0.2) is 5.13 Å². The molecule has 1 atom stereocenters. The summed E-state index contributed by atoms with van der Waals surface area (Å²) in [6.45, 7) is 3.84. The van der Waals surface area contributed by atoms with Crippen LogP contribution < -0.4 is 4.90 Å². The highest BCUT2D eigenvalue weighted by molar-refractivity contribution is 7.22. The van der Waals surface area contributed by atoms with E-state index in [9.17, 15) is 18.0 Å². The summed E-state index contributed by atoms with van der Waals surface area (Å²) in [4.78, 5) is 22.3. The molecule has 4 rings (SSSR count). The maximum absolute atomic E-state index is 12.6. The van der Waals surface area contributed by atoms with Crippen LogP contribution in [0.15, 0.2) is 18.2 Å². The number of amides is 1. The molecule has 1 aromatic carbocycles. The molecular weight excluding hydrogens is 377 g/mol. The summed E-state index contributed by atoms with van der Waals surface area (Å²) >= 11 is 1.65. The van der Waals surface area contributed by atoms with Gasteiger partial charge in [0, 0.05) is 32.7 Å². The fourth-order valence-corrected chi connectivity index (χ4v) is 4.96. The van der Waals surface area contributed by atoms with Crippen LogP contribution in [0.1, 0.15) is 12.0 Å². The predicted molar refractivity (Wildman–Crippen MR) is 99.2 cm³/mol. The number of carbonyl (C=O) groups is 1. The number of likely N-dealkylation sites (tertiary alicyclic amines) is 1. The number of thiazole rings is 1. The van der Waals surface area contributed by atoms with Crippen molar-refractivity contribution in [1.82, 2.24) is 14.8 Å². The molecule has 1 amide bonds. The Morgan fingerprint density at radius 3 is 2.59 bits per heavy atom. The van der Waals surface area contributed by atoms with Crippen molar-refractivity contribution in [2.24, 2.45) is 0 Å². The molecule has 0 spiro atoms. The van der Waals surface area contributed by atoms with Crippen LogP contribution in [0, 0.1) is 6.92 Å². The van der Waals surface area contributed by atoms with Gasteiger partial charge in [-0.25, -0.2) is 4.98 Å². The van der Waals surface area contributed by atoms with Crippen LogP contribution in [0.25, 0.3) is 10.2 Å². The summed E-state index contributed by atoms with van der Waals surface area (Å²) in [7, 11) is 0. The average molecular weight is 398 g/mol. The molecule has 0 saturated carbocycles. The Labute approximate surface area is 159 Å². The number of carbonyl (C=O) groups excluding carboxylic acids is 1. The molecule has 2 aromatic rings. The third kappa shape index (κ3) is 3.75. The van der Waals surface area contributed by atoms with E-state index in [2.05, 4.69) is 11.0 Å². The minimum absolute atomic E-state index is 0.181. The molecule has 2 saturated heterocycles. The van der Waals surface area contributed by atoms with E-state index < -0.39 is 24.7 Å². The summed E-state index contributed by atoms with van der Waals surface area (Å²) in [5.74, 6) is -0.392. The van der Waals surface area contributed by atoms with Gasteiger partial charge in [-0.2, -0.15) is 13.2 Å². The molecular formula is C18H21F3N4OS. The smallest absolute Gasteiger partial charge is 0.345 e. The second-order valence-electron chi connectivity index (χ2n) is 7.12. The molecule has 27 heavy (non-hydrogen) atoms. The van der Waals surface area contributed by atoms with Gasteiger partial charge in [0.05, 0.1) is 16.3 Å². The van der Waals surface area contributed by atoms with Gasteiger partial charge < -0.3 is 9.80 Å². The van der Waals surface area contributed by atoms with Gasteiger partial charge in [-0.15, -0.1) is 0 Å². The van der Waals surface area contributed by atoms with Crippen LogP contribution in [0.4, 0.5) is 18.3 Å². The van der Waals surface area contributed by atoms with E-state index >= 15 is 0 Å². The molecule has 0 aliphatic carbocycles. The number of nitrogens with zero attached hydrogens (tertiary/aromatic N) is 4. The zero-order chi connectivity index (χ0) is 19.2. The minimum Gasteiger partial charge on any atom is -0.345 e. The predicted octanol–water partition coefficient (Wildman–Crippen LogP) is 2.89. The number of benzene rings is 1. The number of fused-ring (bicyclic) bond motifs is 1. The lowest BCUT2D eigenvalue weighted by atomic mass is 10.2. The molecule has 146 valence electrons. The molecule has 0 radical (unpaired) electrons. The van der Waals surface area contributed by atoms with Crippen LogP contribution in [0.3, 0.4) is 0 Å². The Morgan fingerprint density at radius 2 is 1.93 bits per heavy atom. The maximum atomic E-state index is 12.6. The van der Waals surface area contributed by atoms with E-state index in [0.717, 1.165) is 38.9 Å². The number of piperazine rings is 1. The van der Waals surface area contributed by atoms with Crippen molar-refractivity contribution >= 4 is 32.6 Å². The largest absolute Gasteiger partial charge is 0.406 e. The number of aryl methyl sites for hydroxylation is 1. The van der Waals surface area contributed by atoms with E-state index in [1.54, 1.807) is 11.3 Å². The monoisotopic (exact) mass is 398 g/mol. The topological polar surface area (TPSA) is 39.7 Å². The van der Waals surface area contributed by atoms with Crippen LogP contribution in [0.2, 0.25) is 0 Å². The van der Waals surface area contributed by atoms with Crippen LogP contribution in [-0.2, 0) is 4.79 Å². The first-order valence-electron chi connectivity index (χ1n) is 9.02. The second kappa shape index (κ2) is 6.94. The van der Waals surface area contributed by atoms with Gasteiger partial charge >= 0.3 is 6.18 Å². The van der Waals surface area contributed by atoms with Gasteiger partial charge in [0.25, 0.3) is 0 Å². The van der Waals surface area contributed by atoms with E-state index in [1.165, 1.54) is 0 Å². The number of para-hydroxylation sites is 1. The van der Waals surface area contributed by atoms with E-state index in [-0.39, 0.29) is 6.54 Å². The van der Waals surface area contributed by atoms with Gasteiger partial charge in [-0.3, -0.25) is 9.69 Å². The van der Waals surface area contributed by atoms with E-state index in [1.807, 2.05) is 24.0 Å². The molecule has 1 unspecified atom stereocenters. The Hall–Kier alpha value is -1.87. The second-order valence-corrected chi connectivity index (χ2v) is 8.13. The summed E-state index contributed by atoms with van der Waals surface area (Å²) < 4.78 is 38.9. The Bertz CT molecular complexity index is 845. The molecule has 2 aliphatic rings. The third-order valence-electron chi connectivity index (χ3n) is 5.27. The first-order chi connectivity index (χ1) is 12.8. The van der Waals surface area contributed by atoms with E-state index in [0.29, 0.717) is 19.5 Å². The summed E-state index contributed by atoms with van der Waals surface area (Å²) in [6, 6.07) is 5.71. The third-order valence-corrected chi connectivity index (χ3v) is 6.36. The number of hydrogen-bond acceptors (Lipinski definition) is 5. The zero-order valence-electron chi connectivity index (χ0n) is 15.0. The molecule has 3 heterocycles. The number of halogens is 3. The standard InChI is InChI=1S/C18H21F3N4OS/c1-12-3-2-4-14-15(12)22-17(27-14)24-9-7-23(8-10-24)13-5-6-25(16(13)26)11-18(19,20)21/h2-4,13H,5-11H2,1H3. The first kappa shape index (κ1) is 18.5. The lowest BCUT2D eigenvalue weighted by Gasteiger charge is -2.37. The number of alkyl halides is 3. The number of hydrogen-bond donors (Lipinski definition) is 0.